The van der Waals surface area contributed by atoms with Crippen LogP contribution in [0.5, 0.6) is 5.75 Å². The van der Waals surface area contributed by atoms with Crippen molar-refractivity contribution in [3.05, 3.63) is 42.1 Å². The number of aryl methyl sites for hydroxylation is 1. The molecule has 0 saturated carbocycles. The lowest BCUT2D eigenvalue weighted by molar-refractivity contribution is 0.415. The second-order valence-electron chi connectivity index (χ2n) is 4.26. The highest BCUT2D eigenvalue weighted by atomic mass is 19.1. The normalized spacial score (nSPS) is 10.8. The minimum absolute atomic E-state index is 0.363. The average Bonchev–Trinajstić information content (AvgIpc) is 2.46. The maximum Gasteiger partial charge on any atom is 0.198 e. The van der Waals surface area contributed by atoms with E-state index in [1.54, 1.807) is 12.3 Å². The fourth-order valence-corrected chi connectivity index (χ4v) is 1.90. The van der Waals surface area contributed by atoms with Crippen LogP contribution in [0, 0.1) is 12.7 Å². The molecule has 0 fully saturated rings. The summed E-state index contributed by atoms with van der Waals surface area (Å²) in [7, 11) is 1.52. The van der Waals surface area contributed by atoms with Crippen LogP contribution in [-0.4, -0.2) is 27.0 Å². The standard InChI is InChI=1S/C14H11FN4O/c1-8-6-16-14-13(18-8)17-7-11(19-14)10-5-9(15)3-4-12(10)20-2/h3-7H,1-2H3. The fraction of sp³-hybridized carbons (Fsp3) is 0.143. The quantitative estimate of drug-likeness (QED) is 0.716. The fourth-order valence-electron chi connectivity index (χ4n) is 1.90. The predicted molar refractivity (Wildman–Crippen MR) is 71.8 cm³/mol. The van der Waals surface area contributed by atoms with Crippen LogP contribution in [-0.2, 0) is 0 Å². The maximum atomic E-state index is 13.4. The number of nitrogens with zero attached hydrogens (tertiary/aromatic N) is 4. The van der Waals surface area contributed by atoms with Gasteiger partial charge in [-0.15, -0.1) is 0 Å². The van der Waals surface area contributed by atoms with Gasteiger partial charge in [-0.2, -0.15) is 0 Å². The lowest BCUT2D eigenvalue weighted by Gasteiger charge is -2.08. The molecular weight excluding hydrogens is 259 g/mol. The zero-order valence-corrected chi connectivity index (χ0v) is 11.0. The van der Waals surface area contributed by atoms with E-state index in [0.29, 0.717) is 28.3 Å². The second-order valence-corrected chi connectivity index (χ2v) is 4.26. The van der Waals surface area contributed by atoms with Gasteiger partial charge in [-0.05, 0) is 25.1 Å². The molecule has 0 spiro atoms. The van der Waals surface area contributed by atoms with Gasteiger partial charge < -0.3 is 4.74 Å². The molecule has 2 aromatic heterocycles. The van der Waals surface area contributed by atoms with Gasteiger partial charge >= 0.3 is 0 Å². The zero-order chi connectivity index (χ0) is 14.1. The molecule has 1 aromatic carbocycles. The first-order chi connectivity index (χ1) is 9.67. The smallest absolute Gasteiger partial charge is 0.198 e. The van der Waals surface area contributed by atoms with Crippen LogP contribution in [0.15, 0.2) is 30.6 Å². The van der Waals surface area contributed by atoms with E-state index >= 15 is 0 Å². The van der Waals surface area contributed by atoms with E-state index in [1.807, 2.05) is 6.92 Å². The molecule has 6 heteroatoms. The summed E-state index contributed by atoms with van der Waals surface area (Å²) in [4.78, 5) is 17.0. The summed E-state index contributed by atoms with van der Waals surface area (Å²) in [5.74, 6) is 0.165. The maximum absolute atomic E-state index is 13.4. The van der Waals surface area contributed by atoms with Crippen LogP contribution < -0.4 is 4.74 Å². The number of ether oxygens (including phenoxy) is 1. The third-order valence-corrected chi connectivity index (χ3v) is 2.83. The summed E-state index contributed by atoms with van der Waals surface area (Å²) in [5.41, 5.74) is 2.67. The number of halogens is 1. The molecule has 0 aliphatic rings. The first-order valence-electron chi connectivity index (χ1n) is 5.97. The van der Waals surface area contributed by atoms with Gasteiger partial charge in [-0.3, -0.25) is 0 Å². The van der Waals surface area contributed by atoms with Crippen molar-refractivity contribution in [2.75, 3.05) is 7.11 Å². The topological polar surface area (TPSA) is 60.8 Å². The molecule has 100 valence electrons. The molecule has 3 rings (SSSR count). The van der Waals surface area contributed by atoms with E-state index in [4.69, 9.17) is 4.74 Å². The molecule has 0 unspecified atom stereocenters. The highest BCUT2D eigenvalue weighted by molar-refractivity contribution is 5.73. The molecule has 0 aliphatic carbocycles. The van der Waals surface area contributed by atoms with E-state index in [1.165, 1.54) is 25.4 Å². The van der Waals surface area contributed by atoms with Crippen molar-refractivity contribution >= 4 is 11.3 Å². The molecule has 0 amide bonds. The van der Waals surface area contributed by atoms with E-state index < -0.39 is 0 Å². The summed E-state index contributed by atoms with van der Waals surface area (Å²) in [6, 6.07) is 4.24. The zero-order valence-electron chi connectivity index (χ0n) is 11.0. The van der Waals surface area contributed by atoms with E-state index in [-0.39, 0.29) is 5.82 Å². The summed E-state index contributed by atoms with van der Waals surface area (Å²) in [5, 5.41) is 0. The summed E-state index contributed by atoms with van der Waals surface area (Å²) >= 11 is 0. The Morgan fingerprint density at radius 3 is 2.60 bits per heavy atom. The van der Waals surface area contributed by atoms with Gasteiger partial charge in [-0.25, -0.2) is 24.3 Å². The largest absolute Gasteiger partial charge is 0.496 e. The summed E-state index contributed by atoms with van der Waals surface area (Å²) in [6.45, 7) is 1.83. The second kappa shape index (κ2) is 4.80. The monoisotopic (exact) mass is 270 g/mol. The lowest BCUT2D eigenvalue weighted by Crippen LogP contribution is -1.97. The number of rotatable bonds is 2. The Morgan fingerprint density at radius 2 is 1.80 bits per heavy atom. The Labute approximate surface area is 114 Å². The van der Waals surface area contributed by atoms with Crippen LogP contribution in [0.4, 0.5) is 4.39 Å². The SMILES string of the molecule is COc1ccc(F)cc1-c1cnc2nc(C)cnc2n1. The van der Waals surface area contributed by atoms with Crippen LogP contribution in [0.2, 0.25) is 0 Å². The van der Waals surface area contributed by atoms with Gasteiger partial charge in [0.05, 0.1) is 30.9 Å². The van der Waals surface area contributed by atoms with Crippen LogP contribution >= 0.6 is 0 Å². The number of hydrogen-bond acceptors (Lipinski definition) is 5. The van der Waals surface area contributed by atoms with Crippen molar-refractivity contribution in [3.8, 4) is 17.0 Å². The van der Waals surface area contributed by atoms with Crippen molar-refractivity contribution in [2.45, 2.75) is 6.92 Å². The molecule has 0 radical (unpaired) electrons. The lowest BCUT2D eigenvalue weighted by atomic mass is 10.1. The van der Waals surface area contributed by atoms with Gasteiger partial charge in [0, 0.05) is 5.56 Å². The van der Waals surface area contributed by atoms with Crippen LogP contribution in [0.1, 0.15) is 5.69 Å². The Kier molecular flexibility index (Phi) is 2.98. The van der Waals surface area contributed by atoms with Crippen molar-refractivity contribution < 1.29 is 9.13 Å². The first-order valence-corrected chi connectivity index (χ1v) is 5.97. The van der Waals surface area contributed by atoms with E-state index in [9.17, 15) is 4.39 Å². The molecule has 3 aromatic rings. The molecule has 0 saturated heterocycles. The Balaban J connectivity index is 2.19. The Morgan fingerprint density at radius 1 is 1.05 bits per heavy atom. The highest BCUT2D eigenvalue weighted by Gasteiger charge is 2.11. The minimum Gasteiger partial charge on any atom is -0.496 e. The van der Waals surface area contributed by atoms with Crippen molar-refractivity contribution in [1.82, 2.24) is 19.9 Å². The number of fused-ring (bicyclic) bond motifs is 1. The van der Waals surface area contributed by atoms with Crippen LogP contribution in [0.3, 0.4) is 0 Å². The average molecular weight is 270 g/mol. The molecule has 5 nitrogen and oxygen atoms in total. The Bertz CT molecular complexity index is 791. The van der Waals surface area contributed by atoms with Gasteiger partial charge in [0.25, 0.3) is 0 Å². The number of benzene rings is 1. The van der Waals surface area contributed by atoms with Gasteiger partial charge in [0.2, 0.25) is 0 Å². The molecule has 0 bridgehead atoms. The molecule has 0 N–H and O–H groups in total. The molecule has 0 aliphatic heterocycles. The van der Waals surface area contributed by atoms with Crippen molar-refractivity contribution in [1.29, 1.82) is 0 Å². The molecule has 2 heterocycles. The Hall–Kier alpha value is -2.63. The number of hydrogen-bond donors (Lipinski definition) is 0. The molecule has 0 atom stereocenters. The first kappa shape index (κ1) is 12.4. The van der Waals surface area contributed by atoms with E-state index in [0.717, 1.165) is 5.69 Å². The van der Waals surface area contributed by atoms with Gasteiger partial charge in [0.1, 0.15) is 11.6 Å². The summed E-state index contributed by atoms with van der Waals surface area (Å²) in [6.07, 6.45) is 3.15. The highest BCUT2D eigenvalue weighted by Crippen LogP contribution is 2.29. The number of methoxy groups -OCH3 is 1. The number of aromatic nitrogens is 4. The van der Waals surface area contributed by atoms with Crippen molar-refractivity contribution in [2.24, 2.45) is 0 Å². The summed E-state index contributed by atoms with van der Waals surface area (Å²) < 4.78 is 18.6. The van der Waals surface area contributed by atoms with E-state index in [2.05, 4.69) is 19.9 Å². The third kappa shape index (κ3) is 2.16. The predicted octanol–water partition coefficient (Wildman–Crippen LogP) is 2.54. The van der Waals surface area contributed by atoms with Gasteiger partial charge in [0.15, 0.2) is 11.3 Å². The molecule has 20 heavy (non-hydrogen) atoms. The van der Waals surface area contributed by atoms with Crippen molar-refractivity contribution in [3.63, 3.8) is 0 Å². The molecular formula is C14H11FN4O. The third-order valence-electron chi connectivity index (χ3n) is 2.83. The minimum atomic E-state index is -0.363. The van der Waals surface area contributed by atoms with Gasteiger partial charge in [-0.1, -0.05) is 0 Å². The van der Waals surface area contributed by atoms with Crippen LogP contribution in [0.25, 0.3) is 22.6 Å².